The van der Waals surface area contributed by atoms with Gasteiger partial charge in [0.15, 0.2) is 0 Å². The van der Waals surface area contributed by atoms with Crippen LogP contribution in [0.4, 0.5) is 13.2 Å². The highest BCUT2D eigenvalue weighted by Gasteiger charge is 2.37. The van der Waals surface area contributed by atoms with Gasteiger partial charge < -0.3 is 0 Å². The number of benzene rings is 3. The van der Waals surface area contributed by atoms with Gasteiger partial charge in [0.2, 0.25) is 0 Å². The second-order valence-corrected chi connectivity index (χ2v) is 7.50. The third-order valence-corrected chi connectivity index (χ3v) is 6.65. The summed E-state index contributed by atoms with van der Waals surface area (Å²) < 4.78 is 40.4. The van der Waals surface area contributed by atoms with Crippen LogP contribution in [-0.2, 0) is 6.18 Å². The lowest BCUT2D eigenvalue weighted by Crippen LogP contribution is -2.07. The van der Waals surface area contributed by atoms with Crippen molar-refractivity contribution in [3.8, 4) is 11.1 Å². The highest BCUT2D eigenvalue weighted by molar-refractivity contribution is 8.17. The molecule has 0 radical (unpaired) electrons. The van der Waals surface area contributed by atoms with Crippen molar-refractivity contribution >= 4 is 10.9 Å². The lowest BCUT2D eigenvalue weighted by atomic mass is 10.1. The molecule has 23 heavy (non-hydrogen) atoms. The lowest BCUT2D eigenvalue weighted by molar-refractivity contribution is -0.139. The molecule has 0 aromatic heterocycles. The van der Waals surface area contributed by atoms with Crippen LogP contribution >= 0.6 is 10.9 Å². The Bertz CT molecular complexity index is 838. The minimum Gasteiger partial charge on any atom is -0.171 e. The molecule has 0 bridgehead atoms. The number of hydrogen-bond acceptors (Lipinski definition) is 0. The first-order valence-electron chi connectivity index (χ1n) is 7.22. The Morgan fingerprint density at radius 1 is 0.565 bits per heavy atom. The van der Waals surface area contributed by atoms with Crippen LogP contribution < -0.4 is 0 Å². The van der Waals surface area contributed by atoms with E-state index in [1.165, 1.54) is 12.1 Å². The van der Waals surface area contributed by atoms with Gasteiger partial charge in [0, 0.05) is 14.7 Å². The van der Waals surface area contributed by atoms with Crippen molar-refractivity contribution in [2.24, 2.45) is 0 Å². The molecule has 0 saturated carbocycles. The zero-order valence-electron chi connectivity index (χ0n) is 12.0. The van der Waals surface area contributed by atoms with E-state index < -0.39 is 22.6 Å². The van der Waals surface area contributed by atoms with Crippen LogP contribution in [0.25, 0.3) is 11.1 Å². The van der Waals surface area contributed by atoms with Crippen LogP contribution in [0.5, 0.6) is 0 Å². The van der Waals surface area contributed by atoms with E-state index in [4.69, 9.17) is 0 Å². The molecule has 0 N–H and O–H groups in total. The fraction of sp³-hybridized carbons (Fsp3) is 0.0526. The Labute approximate surface area is 134 Å². The van der Waals surface area contributed by atoms with Crippen molar-refractivity contribution in [3.63, 3.8) is 0 Å². The normalized spacial score (nSPS) is 14.5. The van der Waals surface area contributed by atoms with Crippen LogP contribution in [0.2, 0.25) is 0 Å². The molecular weight excluding hydrogens is 317 g/mol. The fourth-order valence-electron chi connectivity index (χ4n) is 3.09. The van der Waals surface area contributed by atoms with Gasteiger partial charge in [-0.1, -0.05) is 48.5 Å². The topological polar surface area (TPSA) is 0 Å². The van der Waals surface area contributed by atoms with Crippen LogP contribution in [0.3, 0.4) is 0 Å². The van der Waals surface area contributed by atoms with Gasteiger partial charge in [-0.3, -0.25) is 0 Å². The van der Waals surface area contributed by atoms with E-state index in [0.717, 1.165) is 20.9 Å². The van der Waals surface area contributed by atoms with Gasteiger partial charge in [0.25, 0.3) is 0 Å². The summed E-state index contributed by atoms with van der Waals surface area (Å²) in [4.78, 5) is 2.38. The summed E-state index contributed by atoms with van der Waals surface area (Å²) in [5.41, 5.74) is 1.56. The molecule has 3 aromatic rings. The largest absolute Gasteiger partial charge is 0.417 e. The summed E-state index contributed by atoms with van der Waals surface area (Å²) >= 11 is 0. The second-order valence-electron chi connectivity index (χ2n) is 5.38. The Morgan fingerprint density at radius 2 is 1.00 bits per heavy atom. The van der Waals surface area contributed by atoms with Gasteiger partial charge >= 0.3 is 6.18 Å². The zero-order valence-corrected chi connectivity index (χ0v) is 12.9. The molecule has 0 nitrogen and oxygen atoms in total. The third-order valence-electron chi connectivity index (χ3n) is 4.03. The minimum atomic E-state index is -4.34. The van der Waals surface area contributed by atoms with Gasteiger partial charge in [-0.15, -0.1) is 0 Å². The molecule has 3 aromatic carbocycles. The van der Waals surface area contributed by atoms with Crippen LogP contribution in [0.1, 0.15) is 5.56 Å². The average Bonchev–Trinajstić information content (AvgIpc) is 2.88. The first-order chi connectivity index (χ1) is 11.1. The first-order valence-corrected chi connectivity index (χ1v) is 8.56. The van der Waals surface area contributed by atoms with E-state index in [1.54, 1.807) is 12.1 Å². The zero-order chi connectivity index (χ0) is 16.0. The molecule has 4 heteroatoms. The average molecular weight is 330 g/mol. The number of fused-ring (bicyclic) bond motifs is 3. The van der Waals surface area contributed by atoms with Crippen molar-refractivity contribution < 1.29 is 13.2 Å². The molecular formula is C19H13F3S. The van der Waals surface area contributed by atoms with E-state index in [9.17, 15) is 13.2 Å². The molecule has 0 spiro atoms. The van der Waals surface area contributed by atoms with Gasteiger partial charge in [-0.05, 0) is 35.4 Å². The fourth-order valence-corrected chi connectivity index (χ4v) is 5.89. The Kier molecular flexibility index (Phi) is 3.23. The quantitative estimate of drug-likeness (QED) is 0.397. The molecule has 0 unspecified atom stereocenters. The molecule has 0 atom stereocenters. The number of alkyl halides is 3. The predicted molar refractivity (Wildman–Crippen MR) is 87.1 cm³/mol. The maximum Gasteiger partial charge on any atom is 0.417 e. The van der Waals surface area contributed by atoms with Gasteiger partial charge in [-0.25, -0.2) is 0 Å². The standard InChI is InChI=1S/C19H13F3S/c20-19(21,22)15-9-3-6-12-18(15)23-16-10-4-1-7-13(16)14-8-2-5-11-17(14)23/h1-12,23H. The lowest BCUT2D eigenvalue weighted by Gasteiger charge is -2.23. The second kappa shape index (κ2) is 5.17. The van der Waals surface area contributed by atoms with Crippen molar-refractivity contribution in [2.45, 2.75) is 20.9 Å². The van der Waals surface area contributed by atoms with Crippen LogP contribution in [0, 0.1) is 0 Å². The first kappa shape index (κ1) is 14.4. The molecule has 1 heterocycles. The van der Waals surface area contributed by atoms with E-state index in [-0.39, 0.29) is 0 Å². The van der Waals surface area contributed by atoms with E-state index >= 15 is 0 Å². The maximum atomic E-state index is 13.5. The monoisotopic (exact) mass is 330 g/mol. The van der Waals surface area contributed by atoms with E-state index in [1.807, 2.05) is 48.5 Å². The molecule has 4 rings (SSSR count). The van der Waals surface area contributed by atoms with Gasteiger partial charge in [-0.2, -0.15) is 24.1 Å². The summed E-state index contributed by atoms with van der Waals surface area (Å²) in [7, 11) is -1.18. The number of rotatable bonds is 1. The molecule has 0 saturated heterocycles. The highest BCUT2D eigenvalue weighted by Crippen LogP contribution is 2.63. The molecule has 0 aliphatic carbocycles. The summed E-state index contributed by atoms with van der Waals surface area (Å²) in [6.07, 6.45) is -4.34. The SMILES string of the molecule is FC(F)(F)c1ccccc1[SH]1c2ccccc2-c2ccccc21. The Hall–Kier alpha value is -2.20. The summed E-state index contributed by atoms with van der Waals surface area (Å²) in [6.45, 7) is 0. The summed E-state index contributed by atoms with van der Waals surface area (Å²) in [6, 6.07) is 21.5. The maximum absolute atomic E-state index is 13.5. The summed E-state index contributed by atoms with van der Waals surface area (Å²) in [5, 5.41) is 0. The number of halogens is 3. The van der Waals surface area contributed by atoms with Crippen molar-refractivity contribution in [1.29, 1.82) is 0 Å². The molecule has 116 valence electrons. The molecule has 1 aliphatic rings. The van der Waals surface area contributed by atoms with Crippen molar-refractivity contribution in [2.75, 3.05) is 0 Å². The summed E-state index contributed by atoms with van der Waals surface area (Å²) in [5.74, 6) is 0. The number of hydrogen-bond donors (Lipinski definition) is 1. The highest BCUT2D eigenvalue weighted by atomic mass is 32.2. The van der Waals surface area contributed by atoms with Crippen molar-refractivity contribution in [1.82, 2.24) is 0 Å². The predicted octanol–water partition coefficient (Wildman–Crippen LogP) is 6.16. The Morgan fingerprint density at radius 3 is 1.52 bits per heavy atom. The van der Waals surface area contributed by atoms with Crippen molar-refractivity contribution in [3.05, 3.63) is 78.4 Å². The minimum absolute atomic E-state index is 0.382. The van der Waals surface area contributed by atoms with Crippen LogP contribution in [-0.4, -0.2) is 0 Å². The third kappa shape index (κ3) is 2.25. The molecule has 1 aliphatic heterocycles. The van der Waals surface area contributed by atoms with E-state index in [0.29, 0.717) is 4.90 Å². The smallest absolute Gasteiger partial charge is 0.171 e. The molecule has 0 amide bonds. The molecule has 0 fully saturated rings. The van der Waals surface area contributed by atoms with Gasteiger partial charge in [0.1, 0.15) is 0 Å². The number of thiol groups is 1. The van der Waals surface area contributed by atoms with E-state index in [2.05, 4.69) is 0 Å². The van der Waals surface area contributed by atoms with Gasteiger partial charge in [0.05, 0.1) is 5.56 Å². The Balaban J connectivity index is 2.01. The van der Waals surface area contributed by atoms with Crippen LogP contribution in [0.15, 0.2) is 87.5 Å².